The molecule has 2 heterocycles. The number of allylic oxidation sites excluding steroid dienone is 2. The van der Waals surface area contributed by atoms with Crippen LogP contribution in [-0.2, 0) is 11.3 Å². The van der Waals surface area contributed by atoms with Crippen molar-refractivity contribution in [2.75, 3.05) is 18.8 Å². The molecule has 3 aromatic rings. The lowest BCUT2D eigenvalue weighted by Crippen LogP contribution is -2.38. The van der Waals surface area contributed by atoms with Crippen molar-refractivity contribution < 1.29 is 19.0 Å². The summed E-state index contributed by atoms with van der Waals surface area (Å²) < 4.78 is 16.8. The molecule has 0 amide bonds. The molecule has 162 valence electrons. The van der Waals surface area contributed by atoms with E-state index in [4.69, 9.17) is 14.2 Å². The molecular weight excluding hydrogens is 402 g/mol. The zero-order chi connectivity index (χ0) is 22.0. The second-order valence-corrected chi connectivity index (χ2v) is 9.56. The first kappa shape index (κ1) is 19.2. The summed E-state index contributed by atoms with van der Waals surface area (Å²) in [6, 6.07) is 16.7. The number of carbonyl (C=O) groups is 1. The van der Waals surface area contributed by atoms with Crippen LogP contribution in [0.4, 0.5) is 5.69 Å². The van der Waals surface area contributed by atoms with Gasteiger partial charge in [-0.15, -0.1) is 0 Å². The average molecular weight is 428 g/mol. The minimum absolute atomic E-state index is 0.0836. The second kappa shape index (κ2) is 6.76. The minimum atomic E-state index is -0.0836. The predicted octanol–water partition coefficient (Wildman–Crippen LogP) is 5.70. The number of methoxy groups -OCH3 is 1. The number of Topliss-reactive ketones (excluding diaryl/α,β-unsaturated/α-hetero) is 1. The van der Waals surface area contributed by atoms with Crippen LogP contribution in [0.3, 0.4) is 0 Å². The van der Waals surface area contributed by atoms with Crippen molar-refractivity contribution in [1.82, 2.24) is 0 Å². The molecule has 2 aliphatic heterocycles. The third kappa shape index (κ3) is 2.80. The number of rotatable bonds is 2. The van der Waals surface area contributed by atoms with Gasteiger partial charge in [0.25, 0.3) is 0 Å². The number of ketones is 1. The Kier molecular flexibility index (Phi) is 4.06. The van der Waals surface area contributed by atoms with E-state index in [9.17, 15) is 4.79 Å². The van der Waals surface area contributed by atoms with Crippen LogP contribution in [0.2, 0.25) is 0 Å². The first-order chi connectivity index (χ1) is 15.4. The van der Waals surface area contributed by atoms with Crippen LogP contribution in [-0.4, -0.2) is 19.7 Å². The molecule has 0 saturated carbocycles. The maximum atomic E-state index is 13.6. The van der Waals surface area contributed by atoms with E-state index in [-0.39, 0.29) is 18.0 Å². The molecule has 5 nitrogen and oxygen atoms in total. The molecule has 0 fully saturated rings. The number of fused-ring (bicyclic) bond motifs is 5. The number of hydrogen-bond donors (Lipinski definition) is 0. The maximum Gasteiger partial charge on any atom is 0.231 e. The minimum Gasteiger partial charge on any atom is -0.493 e. The lowest BCUT2D eigenvalue weighted by atomic mass is 9.71. The number of nitrogens with zero attached hydrogens (tertiary/aromatic N) is 1. The van der Waals surface area contributed by atoms with Gasteiger partial charge >= 0.3 is 0 Å². The van der Waals surface area contributed by atoms with Crippen molar-refractivity contribution in [3.8, 4) is 17.2 Å². The highest BCUT2D eigenvalue weighted by Crippen LogP contribution is 2.51. The standard InChI is InChI=1S/C27H25NO4/c1-27(2)12-20-24-17(9-8-16-6-4-5-7-19(16)24)14-28(25(20)21(29)13-27)18-10-22(30-3)26-23(11-18)31-15-32-26/h4-11H,12-15H2,1-3H3. The van der Waals surface area contributed by atoms with Gasteiger partial charge in [0.2, 0.25) is 12.5 Å². The Hall–Kier alpha value is -3.47. The van der Waals surface area contributed by atoms with Crippen molar-refractivity contribution in [2.24, 2.45) is 5.41 Å². The van der Waals surface area contributed by atoms with E-state index in [1.165, 1.54) is 21.9 Å². The average Bonchev–Trinajstić information content (AvgIpc) is 3.25. The molecule has 0 unspecified atom stereocenters. The lowest BCUT2D eigenvalue weighted by molar-refractivity contribution is -0.117. The van der Waals surface area contributed by atoms with Gasteiger partial charge in [-0.1, -0.05) is 50.2 Å². The molecule has 1 aliphatic carbocycles. The highest BCUT2D eigenvalue weighted by Gasteiger charge is 2.40. The van der Waals surface area contributed by atoms with Gasteiger partial charge in [-0.3, -0.25) is 4.79 Å². The van der Waals surface area contributed by atoms with Gasteiger partial charge in [0, 0.05) is 30.8 Å². The summed E-state index contributed by atoms with van der Waals surface area (Å²) in [6.45, 7) is 5.16. The Labute approximate surface area is 187 Å². The summed E-state index contributed by atoms with van der Waals surface area (Å²) in [5.74, 6) is 2.07. The van der Waals surface area contributed by atoms with Crippen molar-refractivity contribution in [3.63, 3.8) is 0 Å². The maximum absolute atomic E-state index is 13.6. The smallest absolute Gasteiger partial charge is 0.231 e. The Balaban J connectivity index is 1.61. The molecule has 0 N–H and O–H groups in total. The number of benzene rings is 3. The van der Waals surface area contributed by atoms with Crippen LogP contribution in [0.15, 0.2) is 54.2 Å². The molecule has 3 aromatic carbocycles. The lowest BCUT2D eigenvalue weighted by Gasteiger charge is -2.41. The fourth-order valence-electron chi connectivity index (χ4n) is 5.38. The number of carbonyl (C=O) groups excluding carboxylic acids is 1. The normalized spacial score (nSPS) is 18.6. The van der Waals surface area contributed by atoms with Crippen LogP contribution in [0, 0.1) is 5.41 Å². The molecule has 0 radical (unpaired) electrons. The van der Waals surface area contributed by atoms with Crippen LogP contribution < -0.4 is 19.1 Å². The van der Waals surface area contributed by atoms with Gasteiger partial charge in [-0.2, -0.15) is 0 Å². The SMILES string of the molecule is COc1cc(N2Cc3ccc4ccccc4c3C3=C2C(=O)CC(C)(C)C3)cc2c1OCO2. The van der Waals surface area contributed by atoms with E-state index in [1.54, 1.807) is 7.11 Å². The Morgan fingerprint density at radius 2 is 1.88 bits per heavy atom. The van der Waals surface area contributed by atoms with Gasteiger partial charge in [-0.25, -0.2) is 0 Å². The molecular formula is C27H25NO4. The van der Waals surface area contributed by atoms with E-state index in [2.05, 4.69) is 55.1 Å². The first-order valence-electron chi connectivity index (χ1n) is 11.0. The van der Waals surface area contributed by atoms with Crippen molar-refractivity contribution in [1.29, 1.82) is 0 Å². The van der Waals surface area contributed by atoms with E-state index in [0.29, 0.717) is 30.2 Å². The molecule has 0 aromatic heterocycles. The van der Waals surface area contributed by atoms with Crippen molar-refractivity contribution >= 4 is 27.8 Å². The monoisotopic (exact) mass is 427 g/mol. The van der Waals surface area contributed by atoms with Crippen LogP contribution in [0.25, 0.3) is 16.3 Å². The van der Waals surface area contributed by atoms with Gasteiger partial charge in [0.05, 0.1) is 12.8 Å². The third-order valence-electron chi connectivity index (χ3n) is 6.71. The summed E-state index contributed by atoms with van der Waals surface area (Å²) >= 11 is 0. The summed E-state index contributed by atoms with van der Waals surface area (Å²) in [5, 5.41) is 2.41. The molecule has 0 saturated heterocycles. The summed E-state index contributed by atoms with van der Waals surface area (Å²) in [6.07, 6.45) is 1.39. The second-order valence-electron chi connectivity index (χ2n) is 9.56. The van der Waals surface area contributed by atoms with E-state index in [1.807, 2.05) is 12.1 Å². The third-order valence-corrected chi connectivity index (χ3v) is 6.71. The zero-order valence-electron chi connectivity index (χ0n) is 18.5. The van der Waals surface area contributed by atoms with Gasteiger partial charge in [-0.05, 0) is 39.3 Å². The van der Waals surface area contributed by atoms with Crippen molar-refractivity contribution in [2.45, 2.75) is 33.2 Å². The summed E-state index contributed by atoms with van der Waals surface area (Å²) in [5.41, 5.74) is 5.19. The predicted molar refractivity (Wildman–Crippen MR) is 124 cm³/mol. The molecule has 0 bridgehead atoms. The van der Waals surface area contributed by atoms with Crippen molar-refractivity contribution in [3.05, 3.63) is 65.4 Å². The molecule has 0 spiro atoms. The van der Waals surface area contributed by atoms with Gasteiger partial charge in [0.1, 0.15) is 0 Å². The highest BCUT2D eigenvalue weighted by atomic mass is 16.7. The quantitative estimate of drug-likeness (QED) is 0.525. The topological polar surface area (TPSA) is 48.0 Å². The van der Waals surface area contributed by atoms with Crippen LogP contribution >= 0.6 is 0 Å². The molecule has 3 aliphatic rings. The highest BCUT2D eigenvalue weighted by molar-refractivity contribution is 6.12. The fraction of sp³-hybridized carbons (Fsp3) is 0.296. The van der Waals surface area contributed by atoms with Crippen LogP contribution in [0.5, 0.6) is 17.2 Å². The Morgan fingerprint density at radius 3 is 2.72 bits per heavy atom. The van der Waals surface area contributed by atoms with Crippen LogP contribution in [0.1, 0.15) is 37.8 Å². The molecule has 5 heteroatoms. The Bertz CT molecular complexity index is 1320. The molecule has 6 rings (SSSR count). The molecule has 0 atom stereocenters. The largest absolute Gasteiger partial charge is 0.493 e. The fourth-order valence-corrected chi connectivity index (χ4v) is 5.38. The number of ether oxygens (including phenoxy) is 3. The van der Waals surface area contributed by atoms with Gasteiger partial charge < -0.3 is 19.1 Å². The molecule has 32 heavy (non-hydrogen) atoms. The number of anilines is 1. The van der Waals surface area contributed by atoms with E-state index in [0.717, 1.165) is 23.4 Å². The number of hydrogen-bond acceptors (Lipinski definition) is 5. The first-order valence-corrected chi connectivity index (χ1v) is 11.0. The Morgan fingerprint density at radius 1 is 1.03 bits per heavy atom. The van der Waals surface area contributed by atoms with E-state index < -0.39 is 0 Å². The zero-order valence-corrected chi connectivity index (χ0v) is 18.5. The summed E-state index contributed by atoms with van der Waals surface area (Å²) in [7, 11) is 1.62. The van der Waals surface area contributed by atoms with Gasteiger partial charge in [0.15, 0.2) is 17.3 Å². The van der Waals surface area contributed by atoms with E-state index >= 15 is 0 Å². The summed E-state index contributed by atoms with van der Waals surface area (Å²) in [4.78, 5) is 15.7.